The minimum Gasteiger partial charge on any atom is -0.460 e. The van der Waals surface area contributed by atoms with E-state index in [-0.39, 0.29) is 18.5 Å². The fraction of sp³-hybridized carbons (Fsp3) is 0.441. The van der Waals surface area contributed by atoms with Gasteiger partial charge >= 0.3 is 5.97 Å². The van der Waals surface area contributed by atoms with Crippen LogP contribution in [-0.4, -0.2) is 21.0 Å². The van der Waals surface area contributed by atoms with Crippen LogP contribution in [0, 0.1) is 12.3 Å². The van der Waals surface area contributed by atoms with Gasteiger partial charge < -0.3 is 4.74 Å². The molecule has 212 valence electrons. The Morgan fingerprint density at radius 2 is 1.70 bits per heavy atom. The number of ether oxygens (including phenoxy) is 1. The molecule has 4 rings (SSSR count). The first kappa shape index (κ1) is 29.7. The number of benzene rings is 2. The zero-order valence-electron chi connectivity index (χ0n) is 24.7. The molecule has 0 radical (unpaired) electrons. The SMILES string of the molecule is CCc1ccc(CCCc2cc([C@@H](CCc3cn(CC)nn3)C(C)(C)C(=O)OCc3ccccc3)sc2C)cc1. The van der Waals surface area contributed by atoms with Gasteiger partial charge in [-0.3, -0.25) is 9.48 Å². The maximum absolute atomic E-state index is 13.5. The molecular weight excluding hydrogens is 514 g/mol. The molecule has 0 amide bonds. The Balaban J connectivity index is 1.49. The number of thiophene rings is 1. The molecule has 5 nitrogen and oxygen atoms in total. The number of aromatic nitrogens is 3. The van der Waals surface area contributed by atoms with Crippen molar-refractivity contribution < 1.29 is 9.53 Å². The maximum Gasteiger partial charge on any atom is 0.312 e. The lowest BCUT2D eigenvalue weighted by molar-refractivity contribution is -0.156. The van der Waals surface area contributed by atoms with Crippen LogP contribution in [0.25, 0.3) is 0 Å². The highest BCUT2D eigenvalue weighted by Crippen LogP contribution is 2.44. The van der Waals surface area contributed by atoms with E-state index in [9.17, 15) is 4.79 Å². The van der Waals surface area contributed by atoms with Crippen molar-refractivity contribution in [2.24, 2.45) is 5.41 Å². The Kier molecular flexibility index (Phi) is 10.3. The molecule has 2 heterocycles. The topological polar surface area (TPSA) is 57.0 Å². The third-order valence-corrected chi connectivity index (χ3v) is 9.14. The first-order valence-corrected chi connectivity index (χ1v) is 15.4. The Morgan fingerprint density at radius 1 is 0.975 bits per heavy atom. The Bertz CT molecular complexity index is 1360. The second-order valence-corrected chi connectivity index (χ2v) is 12.5. The van der Waals surface area contributed by atoms with Crippen LogP contribution in [0.1, 0.15) is 84.2 Å². The third kappa shape index (κ3) is 7.69. The molecule has 0 fully saturated rings. The van der Waals surface area contributed by atoms with Crippen molar-refractivity contribution in [3.63, 3.8) is 0 Å². The van der Waals surface area contributed by atoms with Gasteiger partial charge in [-0.25, -0.2) is 0 Å². The van der Waals surface area contributed by atoms with Crippen molar-refractivity contribution in [3.8, 4) is 0 Å². The maximum atomic E-state index is 13.5. The smallest absolute Gasteiger partial charge is 0.312 e. The molecule has 4 aromatic rings. The molecule has 0 aliphatic heterocycles. The number of carbonyl (C=O) groups excluding carboxylic acids is 1. The molecular formula is C34H43N3O2S. The van der Waals surface area contributed by atoms with E-state index in [2.05, 4.69) is 61.4 Å². The number of rotatable bonds is 14. The van der Waals surface area contributed by atoms with Gasteiger partial charge in [0.05, 0.1) is 11.1 Å². The lowest BCUT2D eigenvalue weighted by atomic mass is 9.75. The van der Waals surface area contributed by atoms with E-state index < -0.39 is 5.41 Å². The van der Waals surface area contributed by atoms with E-state index >= 15 is 0 Å². The molecule has 0 bridgehead atoms. The van der Waals surface area contributed by atoms with Gasteiger partial charge in [0.1, 0.15) is 6.61 Å². The summed E-state index contributed by atoms with van der Waals surface area (Å²) in [5.41, 5.74) is 5.44. The molecule has 40 heavy (non-hydrogen) atoms. The molecule has 2 aromatic heterocycles. The molecule has 1 atom stereocenters. The number of hydrogen-bond acceptors (Lipinski definition) is 5. The molecule has 6 heteroatoms. The molecule has 2 aromatic carbocycles. The molecule has 0 aliphatic rings. The summed E-state index contributed by atoms with van der Waals surface area (Å²) >= 11 is 1.83. The standard InChI is InChI=1S/C34H43N3O2S/c1-6-26-16-18-27(19-17-26)14-11-15-29-22-32(40-25(29)3)31(21-20-30-23-37(7-2)36-35-30)34(4,5)33(38)39-24-28-12-9-8-10-13-28/h8-10,12-13,16-19,22-23,31H,6-7,11,14-15,20-21,24H2,1-5H3/t31-/m1/s1. The van der Waals surface area contributed by atoms with Gasteiger partial charge in [-0.15, -0.1) is 16.4 Å². The van der Waals surface area contributed by atoms with Crippen LogP contribution >= 0.6 is 11.3 Å². The average Bonchev–Trinajstić information content (AvgIpc) is 3.58. The largest absolute Gasteiger partial charge is 0.460 e. The van der Waals surface area contributed by atoms with Crippen LogP contribution in [0.15, 0.2) is 66.9 Å². The summed E-state index contributed by atoms with van der Waals surface area (Å²) in [5.74, 6) is -0.150. The Hall–Kier alpha value is -3.25. The van der Waals surface area contributed by atoms with Crippen LogP contribution in [0.3, 0.4) is 0 Å². The normalized spacial score (nSPS) is 12.4. The molecule has 0 saturated carbocycles. The molecule has 0 saturated heterocycles. The van der Waals surface area contributed by atoms with Crippen molar-refractivity contribution in [3.05, 3.63) is 105 Å². The second kappa shape index (κ2) is 13.9. The summed E-state index contributed by atoms with van der Waals surface area (Å²) in [6.45, 7) is 11.6. The van der Waals surface area contributed by atoms with Crippen molar-refractivity contribution in [1.82, 2.24) is 15.0 Å². The van der Waals surface area contributed by atoms with E-state index in [1.807, 2.05) is 66.4 Å². The summed E-state index contributed by atoms with van der Waals surface area (Å²) in [6.07, 6.45) is 7.87. The van der Waals surface area contributed by atoms with Gasteiger partial charge in [-0.05, 0) is 94.5 Å². The minimum absolute atomic E-state index is 0.0154. The summed E-state index contributed by atoms with van der Waals surface area (Å²) in [5, 5.41) is 8.57. The highest BCUT2D eigenvalue weighted by molar-refractivity contribution is 7.12. The summed E-state index contributed by atoms with van der Waals surface area (Å²) in [4.78, 5) is 16.1. The second-order valence-electron chi connectivity index (χ2n) is 11.2. The fourth-order valence-electron chi connectivity index (χ4n) is 5.20. The van der Waals surface area contributed by atoms with Gasteiger partial charge in [-0.1, -0.05) is 66.7 Å². The first-order valence-electron chi connectivity index (χ1n) is 14.6. The summed E-state index contributed by atoms with van der Waals surface area (Å²) in [6, 6.07) is 21.2. The van der Waals surface area contributed by atoms with Crippen molar-refractivity contribution in [1.29, 1.82) is 0 Å². The zero-order valence-corrected chi connectivity index (χ0v) is 25.5. The van der Waals surface area contributed by atoms with Crippen molar-refractivity contribution >= 4 is 17.3 Å². The summed E-state index contributed by atoms with van der Waals surface area (Å²) < 4.78 is 7.72. The predicted molar refractivity (Wildman–Crippen MR) is 164 cm³/mol. The zero-order chi connectivity index (χ0) is 28.5. The van der Waals surface area contributed by atoms with E-state index in [0.29, 0.717) is 0 Å². The lowest BCUT2D eigenvalue weighted by Gasteiger charge is -2.31. The number of aryl methyl sites for hydroxylation is 6. The first-order chi connectivity index (χ1) is 19.3. The van der Waals surface area contributed by atoms with Crippen LogP contribution in [-0.2, 0) is 48.4 Å². The van der Waals surface area contributed by atoms with E-state index in [0.717, 1.165) is 56.3 Å². The highest BCUT2D eigenvalue weighted by atomic mass is 32.1. The third-order valence-electron chi connectivity index (χ3n) is 7.94. The number of carbonyl (C=O) groups is 1. The highest BCUT2D eigenvalue weighted by Gasteiger charge is 2.40. The summed E-state index contributed by atoms with van der Waals surface area (Å²) in [7, 11) is 0. The van der Waals surface area contributed by atoms with Crippen molar-refractivity contribution in [2.75, 3.05) is 0 Å². The number of hydrogen-bond donors (Lipinski definition) is 0. The molecule has 0 spiro atoms. The van der Waals surface area contributed by atoms with Crippen LogP contribution in [0.4, 0.5) is 0 Å². The van der Waals surface area contributed by atoms with Gasteiger partial charge in [0.25, 0.3) is 0 Å². The molecule has 0 unspecified atom stereocenters. The average molecular weight is 558 g/mol. The number of nitrogens with zero attached hydrogens (tertiary/aromatic N) is 3. The van der Waals surface area contributed by atoms with Crippen LogP contribution in [0.2, 0.25) is 0 Å². The lowest BCUT2D eigenvalue weighted by Crippen LogP contribution is -2.33. The predicted octanol–water partition coefficient (Wildman–Crippen LogP) is 7.89. The van der Waals surface area contributed by atoms with Crippen molar-refractivity contribution in [2.45, 2.75) is 92.2 Å². The monoisotopic (exact) mass is 557 g/mol. The Morgan fingerprint density at radius 3 is 2.38 bits per heavy atom. The fourth-order valence-corrected chi connectivity index (χ4v) is 6.60. The van der Waals surface area contributed by atoms with Gasteiger partial charge in [-0.2, -0.15) is 0 Å². The molecule has 0 N–H and O–H groups in total. The minimum atomic E-state index is -0.689. The van der Waals surface area contributed by atoms with E-state index in [4.69, 9.17) is 4.74 Å². The van der Waals surface area contributed by atoms with Gasteiger partial charge in [0.15, 0.2) is 0 Å². The van der Waals surface area contributed by atoms with Gasteiger partial charge in [0, 0.05) is 28.4 Å². The van der Waals surface area contributed by atoms with Crippen LogP contribution in [0.5, 0.6) is 0 Å². The van der Waals surface area contributed by atoms with Crippen LogP contribution < -0.4 is 0 Å². The van der Waals surface area contributed by atoms with Gasteiger partial charge in [0.2, 0.25) is 0 Å². The van der Waals surface area contributed by atoms with E-state index in [1.54, 1.807) is 0 Å². The van der Waals surface area contributed by atoms with E-state index in [1.165, 1.54) is 26.4 Å². The molecule has 0 aliphatic carbocycles. The number of esters is 1. The Labute approximate surface area is 243 Å². The quantitative estimate of drug-likeness (QED) is 0.148.